The number of ether oxygens (including phenoxy) is 2. The lowest BCUT2D eigenvalue weighted by Gasteiger charge is -2.30. The molecular formula is C21H29FN2O5S. The maximum absolute atomic E-state index is 14.4. The van der Waals surface area contributed by atoms with Crippen molar-refractivity contribution < 1.29 is 28.2 Å². The van der Waals surface area contributed by atoms with Crippen LogP contribution in [-0.4, -0.2) is 55.6 Å². The number of carbonyl (C=O) groups is 3. The van der Waals surface area contributed by atoms with Crippen LogP contribution in [0.1, 0.15) is 37.7 Å². The summed E-state index contributed by atoms with van der Waals surface area (Å²) in [5.41, 5.74) is -0.255. The van der Waals surface area contributed by atoms with Gasteiger partial charge in [-0.1, -0.05) is 6.07 Å². The normalized spacial score (nSPS) is 19.1. The number of hydrogen-bond acceptors (Lipinski definition) is 6. The second kappa shape index (κ2) is 11.2. The van der Waals surface area contributed by atoms with Gasteiger partial charge >= 0.3 is 5.97 Å². The topological polar surface area (TPSA) is 93.7 Å². The van der Waals surface area contributed by atoms with E-state index in [-0.39, 0.29) is 24.7 Å². The minimum atomic E-state index is -0.705. The quantitative estimate of drug-likeness (QED) is 0.513. The number of esters is 1. The second-order valence-electron chi connectivity index (χ2n) is 7.39. The number of hydrogen-bond donors (Lipinski definition) is 2. The Morgan fingerprint density at radius 1 is 1.37 bits per heavy atom. The molecule has 2 rings (SSSR count). The summed E-state index contributed by atoms with van der Waals surface area (Å²) in [4.78, 5) is 36.3. The van der Waals surface area contributed by atoms with Crippen molar-refractivity contribution in [2.24, 2.45) is 0 Å². The predicted molar refractivity (Wildman–Crippen MR) is 113 cm³/mol. The zero-order chi connectivity index (χ0) is 22.1. The molecule has 0 radical (unpaired) electrons. The van der Waals surface area contributed by atoms with E-state index in [9.17, 15) is 18.8 Å². The Morgan fingerprint density at radius 2 is 2.13 bits per heavy atom. The van der Waals surface area contributed by atoms with Crippen molar-refractivity contribution in [1.29, 1.82) is 0 Å². The molecule has 0 bridgehead atoms. The second-order valence-corrected chi connectivity index (χ2v) is 8.37. The average molecular weight is 441 g/mol. The molecule has 30 heavy (non-hydrogen) atoms. The predicted octanol–water partition coefficient (Wildman–Crippen LogP) is 2.22. The number of thioether (sulfide) groups is 1. The van der Waals surface area contributed by atoms with Crippen LogP contribution < -0.4 is 15.4 Å². The van der Waals surface area contributed by atoms with E-state index >= 15 is 0 Å². The average Bonchev–Trinajstić information content (AvgIpc) is 3.11. The van der Waals surface area contributed by atoms with E-state index in [4.69, 9.17) is 9.47 Å². The number of nitrogens with one attached hydrogen (secondary N) is 2. The van der Waals surface area contributed by atoms with Crippen LogP contribution in [0.25, 0.3) is 0 Å². The van der Waals surface area contributed by atoms with E-state index in [1.54, 1.807) is 23.9 Å². The molecule has 1 aromatic carbocycles. The third-order valence-corrected chi connectivity index (χ3v) is 5.93. The van der Waals surface area contributed by atoms with Crippen molar-refractivity contribution in [2.45, 2.75) is 50.1 Å². The van der Waals surface area contributed by atoms with Gasteiger partial charge in [-0.3, -0.25) is 9.59 Å². The molecule has 7 nitrogen and oxygen atoms in total. The standard InChI is InChI=1S/C21H29FN2O5S/c1-28-15-5-4-14(16(22)12-15)13-21(10-7-19(26)24-21)9-6-18(25)23-17(8-11-30-3)20(27)29-2/h4-5,12,17H,6-11,13H2,1-3H3,(H,23,25)(H,24,26)/t17-,21+/m1/s1. The molecule has 1 heterocycles. The van der Waals surface area contributed by atoms with Crippen LogP contribution in [0.3, 0.4) is 0 Å². The summed E-state index contributed by atoms with van der Waals surface area (Å²) in [5.74, 6) is -0.196. The number of methoxy groups -OCH3 is 2. The Hall–Kier alpha value is -2.29. The number of rotatable bonds is 11. The summed E-state index contributed by atoms with van der Waals surface area (Å²) in [6, 6.07) is 3.90. The zero-order valence-corrected chi connectivity index (χ0v) is 18.4. The van der Waals surface area contributed by atoms with Crippen LogP contribution in [0.5, 0.6) is 5.75 Å². The highest BCUT2D eigenvalue weighted by molar-refractivity contribution is 7.98. The number of benzene rings is 1. The Kier molecular flexibility index (Phi) is 8.95. The van der Waals surface area contributed by atoms with Crippen LogP contribution in [0.2, 0.25) is 0 Å². The third kappa shape index (κ3) is 6.62. The molecule has 0 saturated carbocycles. The van der Waals surface area contributed by atoms with Gasteiger partial charge in [0.1, 0.15) is 17.6 Å². The fraction of sp³-hybridized carbons (Fsp3) is 0.571. The van der Waals surface area contributed by atoms with Gasteiger partial charge in [0.25, 0.3) is 0 Å². The first kappa shape index (κ1) is 24.0. The molecule has 2 amide bonds. The molecule has 166 valence electrons. The van der Waals surface area contributed by atoms with Gasteiger partial charge < -0.3 is 20.1 Å². The van der Waals surface area contributed by atoms with Crippen LogP contribution in [0, 0.1) is 5.82 Å². The van der Waals surface area contributed by atoms with Crippen molar-refractivity contribution in [2.75, 3.05) is 26.2 Å². The largest absolute Gasteiger partial charge is 0.497 e. The molecule has 1 fully saturated rings. The van der Waals surface area contributed by atoms with Gasteiger partial charge in [-0.05, 0) is 49.3 Å². The van der Waals surface area contributed by atoms with Gasteiger partial charge in [0.05, 0.1) is 14.2 Å². The number of halogens is 1. The molecule has 2 N–H and O–H groups in total. The maximum atomic E-state index is 14.4. The summed E-state index contributed by atoms with van der Waals surface area (Å²) >= 11 is 1.57. The Balaban J connectivity index is 2.04. The fourth-order valence-corrected chi connectivity index (χ4v) is 4.06. The van der Waals surface area contributed by atoms with E-state index in [0.717, 1.165) is 0 Å². The van der Waals surface area contributed by atoms with Crippen molar-refractivity contribution in [1.82, 2.24) is 10.6 Å². The summed E-state index contributed by atoms with van der Waals surface area (Å²) < 4.78 is 24.2. The summed E-state index contributed by atoms with van der Waals surface area (Å²) in [5, 5.41) is 5.65. The Labute approximate surface area is 180 Å². The van der Waals surface area contributed by atoms with Gasteiger partial charge in [0.2, 0.25) is 11.8 Å². The van der Waals surface area contributed by atoms with Crippen LogP contribution in [0.15, 0.2) is 18.2 Å². The van der Waals surface area contributed by atoms with Gasteiger partial charge in [-0.25, -0.2) is 9.18 Å². The first-order valence-electron chi connectivity index (χ1n) is 9.82. The van der Waals surface area contributed by atoms with Crippen LogP contribution in [0.4, 0.5) is 4.39 Å². The number of amides is 2. The van der Waals surface area contributed by atoms with Gasteiger partial charge in [-0.2, -0.15) is 11.8 Å². The van der Waals surface area contributed by atoms with Crippen molar-refractivity contribution >= 4 is 29.5 Å². The molecule has 0 unspecified atom stereocenters. The molecule has 1 aliphatic heterocycles. The van der Waals surface area contributed by atoms with Crippen molar-refractivity contribution in [3.63, 3.8) is 0 Å². The molecule has 1 saturated heterocycles. The van der Waals surface area contributed by atoms with Gasteiger partial charge in [0.15, 0.2) is 0 Å². The smallest absolute Gasteiger partial charge is 0.328 e. The molecule has 1 aliphatic rings. The fourth-order valence-electron chi connectivity index (χ4n) is 3.59. The molecular weight excluding hydrogens is 411 g/mol. The van der Waals surface area contributed by atoms with E-state index in [1.165, 1.54) is 20.3 Å². The lowest BCUT2D eigenvalue weighted by atomic mass is 9.84. The third-order valence-electron chi connectivity index (χ3n) is 5.29. The maximum Gasteiger partial charge on any atom is 0.328 e. The lowest BCUT2D eigenvalue weighted by Crippen LogP contribution is -2.46. The minimum absolute atomic E-state index is 0.102. The van der Waals surface area contributed by atoms with E-state index in [1.807, 2.05) is 6.26 Å². The molecule has 0 aromatic heterocycles. The summed E-state index contributed by atoms with van der Waals surface area (Å²) in [7, 11) is 2.75. The van der Waals surface area contributed by atoms with Gasteiger partial charge in [-0.15, -0.1) is 0 Å². The zero-order valence-electron chi connectivity index (χ0n) is 17.6. The SMILES string of the molecule is COC(=O)[C@@H](CCSC)NC(=O)CC[C@@]1(Cc2ccc(OC)cc2F)CCC(=O)N1. The van der Waals surface area contributed by atoms with E-state index in [0.29, 0.717) is 42.7 Å². The molecule has 2 atom stereocenters. The van der Waals surface area contributed by atoms with Crippen molar-refractivity contribution in [3.8, 4) is 5.75 Å². The van der Waals surface area contributed by atoms with Crippen LogP contribution in [-0.2, 0) is 25.5 Å². The molecule has 1 aromatic rings. The number of carbonyl (C=O) groups excluding carboxylic acids is 3. The lowest BCUT2D eigenvalue weighted by molar-refractivity contribution is -0.145. The Morgan fingerprint density at radius 3 is 2.70 bits per heavy atom. The Bertz CT molecular complexity index is 776. The highest BCUT2D eigenvalue weighted by atomic mass is 32.2. The summed E-state index contributed by atoms with van der Waals surface area (Å²) in [6.45, 7) is 0. The minimum Gasteiger partial charge on any atom is -0.497 e. The molecule has 0 spiro atoms. The van der Waals surface area contributed by atoms with E-state index < -0.39 is 23.4 Å². The molecule has 0 aliphatic carbocycles. The van der Waals surface area contributed by atoms with Gasteiger partial charge in [0, 0.05) is 24.4 Å². The highest BCUT2D eigenvalue weighted by Crippen LogP contribution is 2.31. The highest BCUT2D eigenvalue weighted by Gasteiger charge is 2.38. The van der Waals surface area contributed by atoms with E-state index in [2.05, 4.69) is 10.6 Å². The van der Waals surface area contributed by atoms with Crippen molar-refractivity contribution in [3.05, 3.63) is 29.6 Å². The molecule has 9 heteroatoms. The summed E-state index contributed by atoms with van der Waals surface area (Å²) in [6.07, 6.45) is 3.95. The van der Waals surface area contributed by atoms with Crippen LogP contribution >= 0.6 is 11.8 Å². The monoisotopic (exact) mass is 440 g/mol. The first-order valence-corrected chi connectivity index (χ1v) is 11.2. The first-order chi connectivity index (χ1) is 14.3.